The normalized spacial score (nSPS) is 17.7. The highest BCUT2D eigenvalue weighted by atomic mass is 19.4. The van der Waals surface area contributed by atoms with Gasteiger partial charge in [-0.05, 0) is 31.2 Å². The van der Waals surface area contributed by atoms with Gasteiger partial charge in [-0.2, -0.15) is 0 Å². The zero-order valence-corrected chi connectivity index (χ0v) is 12.7. The molecule has 1 heterocycles. The number of hydrogen-bond acceptors (Lipinski definition) is 4. The van der Waals surface area contributed by atoms with E-state index in [2.05, 4.69) is 4.74 Å². The van der Waals surface area contributed by atoms with Gasteiger partial charge in [-0.25, -0.2) is 0 Å². The average Bonchev–Trinajstić information content (AvgIpc) is 2.48. The van der Waals surface area contributed by atoms with Crippen molar-refractivity contribution in [3.8, 4) is 11.5 Å². The van der Waals surface area contributed by atoms with E-state index in [-0.39, 0.29) is 17.8 Å². The van der Waals surface area contributed by atoms with Crippen molar-refractivity contribution in [1.29, 1.82) is 0 Å². The molecule has 0 saturated carbocycles. The maximum Gasteiger partial charge on any atom is 0.573 e. The van der Waals surface area contributed by atoms with E-state index in [1.54, 1.807) is 11.8 Å². The van der Waals surface area contributed by atoms with Crippen LogP contribution in [-0.4, -0.2) is 42.4 Å². The van der Waals surface area contributed by atoms with Crippen LogP contribution >= 0.6 is 0 Å². The van der Waals surface area contributed by atoms with E-state index < -0.39 is 12.4 Å². The zero-order chi connectivity index (χ0) is 17.0. The SMILES string of the molecule is C[C@H](N)C(=O)N1CCC(Oc2ccc(OC(F)(F)F)cc2)CC1. The van der Waals surface area contributed by atoms with Crippen LogP contribution in [0.25, 0.3) is 0 Å². The number of halogens is 3. The van der Waals surface area contributed by atoms with Gasteiger partial charge in [-0.1, -0.05) is 0 Å². The summed E-state index contributed by atoms with van der Waals surface area (Å²) in [7, 11) is 0. The van der Waals surface area contributed by atoms with E-state index >= 15 is 0 Å². The van der Waals surface area contributed by atoms with Crippen LogP contribution in [0.5, 0.6) is 11.5 Å². The summed E-state index contributed by atoms with van der Waals surface area (Å²) in [5.74, 6) is 0.0933. The molecule has 0 aromatic heterocycles. The molecular formula is C15H19F3N2O3. The fourth-order valence-corrected chi connectivity index (χ4v) is 2.39. The molecule has 128 valence electrons. The Morgan fingerprint density at radius 2 is 1.74 bits per heavy atom. The van der Waals surface area contributed by atoms with E-state index in [4.69, 9.17) is 10.5 Å². The van der Waals surface area contributed by atoms with Crippen LogP contribution in [0.4, 0.5) is 13.2 Å². The Hall–Kier alpha value is -1.96. The fraction of sp³-hybridized carbons (Fsp3) is 0.533. The molecule has 0 radical (unpaired) electrons. The molecule has 0 spiro atoms. The van der Waals surface area contributed by atoms with E-state index in [9.17, 15) is 18.0 Å². The first kappa shape index (κ1) is 17.4. The van der Waals surface area contributed by atoms with Gasteiger partial charge >= 0.3 is 6.36 Å². The average molecular weight is 332 g/mol. The Bertz CT molecular complexity index is 524. The lowest BCUT2D eigenvalue weighted by molar-refractivity contribution is -0.274. The smallest absolute Gasteiger partial charge is 0.490 e. The van der Waals surface area contributed by atoms with Gasteiger partial charge in [-0.3, -0.25) is 4.79 Å². The van der Waals surface area contributed by atoms with Crippen LogP contribution in [0, 0.1) is 0 Å². The quantitative estimate of drug-likeness (QED) is 0.919. The molecule has 0 unspecified atom stereocenters. The number of ether oxygens (including phenoxy) is 2. The third-order valence-electron chi connectivity index (χ3n) is 3.50. The van der Waals surface area contributed by atoms with Crippen molar-refractivity contribution in [2.24, 2.45) is 5.73 Å². The summed E-state index contributed by atoms with van der Waals surface area (Å²) < 4.78 is 45.8. The van der Waals surface area contributed by atoms with Crippen LogP contribution in [0.1, 0.15) is 19.8 Å². The van der Waals surface area contributed by atoms with Gasteiger partial charge in [0.1, 0.15) is 17.6 Å². The second kappa shape index (κ2) is 7.08. The van der Waals surface area contributed by atoms with Crippen LogP contribution in [0.3, 0.4) is 0 Å². The summed E-state index contributed by atoms with van der Waals surface area (Å²) in [6, 6.07) is 4.75. The fourth-order valence-electron chi connectivity index (χ4n) is 2.39. The van der Waals surface area contributed by atoms with Gasteiger partial charge in [0.2, 0.25) is 5.91 Å². The zero-order valence-electron chi connectivity index (χ0n) is 12.7. The van der Waals surface area contributed by atoms with Crippen LogP contribution < -0.4 is 15.2 Å². The lowest BCUT2D eigenvalue weighted by atomic mass is 10.1. The highest BCUT2D eigenvalue weighted by molar-refractivity contribution is 5.81. The highest BCUT2D eigenvalue weighted by Crippen LogP contribution is 2.26. The highest BCUT2D eigenvalue weighted by Gasteiger charge is 2.31. The van der Waals surface area contributed by atoms with Gasteiger partial charge in [0.25, 0.3) is 0 Å². The number of likely N-dealkylation sites (tertiary alicyclic amines) is 1. The van der Waals surface area contributed by atoms with Gasteiger partial charge in [0, 0.05) is 25.9 Å². The molecule has 1 aliphatic rings. The third-order valence-corrected chi connectivity index (χ3v) is 3.50. The second-order valence-electron chi connectivity index (χ2n) is 5.45. The minimum absolute atomic E-state index is 0.0819. The number of nitrogens with zero attached hydrogens (tertiary/aromatic N) is 1. The van der Waals surface area contributed by atoms with Crippen molar-refractivity contribution in [1.82, 2.24) is 4.90 Å². The molecule has 2 N–H and O–H groups in total. The number of benzene rings is 1. The Morgan fingerprint density at radius 1 is 1.22 bits per heavy atom. The number of nitrogens with two attached hydrogens (primary N) is 1. The molecule has 2 rings (SSSR count). The largest absolute Gasteiger partial charge is 0.573 e. The second-order valence-corrected chi connectivity index (χ2v) is 5.45. The van der Waals surface area contributed by atoms with E-state index in [0.29, 0.717) is 31.7 Å². The molecule has 0 bridgehead atoms. The number of hydrogen-bond donors (Lipinski definition) is 1. The Balaban J connectivity index is 1.83. The standard InChI is InChI=1S/C15H19F3N2O3/c1-10(19)14(21)20-8-6-12(7-9-20)22-11-2-4-13(5-3-11)23-15(16,17)18/h2-5,10,12H,6-9,19H2,1H3/t10-/m0/s1. The maximum atomic E-state index is 12.1. The molecule has 1 aliphatic heterocycles. The molecule has 5 nitrogen and oxygen atoms in total. The van der Waals surface area contributed by atoms with Gasteiger partial charge in [0.05, 0.1) is 6.04 Å². The number of piperidine rings is 1. The summed E-state index contributed by atoms with van der Waals surface area (Å²) in [6.45, 7) is 2.76. The number of carbonyl (C=O) groups excluding carboxylic acids is 1. The first-order valence-corrected chi connectivity index (χ1v) is 7.31. The summed E-state index contributed by atoms with van der Waals surface area (Å²) >= 11 is 0. The van der Waals surface area contributed by atoms with Crippen molar-refractivity contribution in [2.45, 2.75) is 38.3 Å². The first-order valence-electron chi connectivity index (χ1n) is 7.31. The lowest BCUT2D eigenvalue weighted by Crippen LogP contribution is -2.47. The molecular weight excluding hydrogens is 313 g/mol. The first-order chi connectivity index (χ1) is 10.7. The molecule has 1 atom stereocenters. The summed E-state index contributed by atoms with van der Waals surface area (Å²) in [4.78, 5) is 13.5. The number of amides is 1. The molecule has 1 fully saturated rings. The predicted molar refractivity (Wildman–Crippen MR) is 77.0 cm³/mol. The van der Waals surface area contributed by atoms with E-state index in [1.807, 2.05) is 0 Å². The van der Waals surface area contributed by atoms with Gasteiger partial charge in [0.15, 0.2) is 0 Å². The Labute approximate surface area is 132 Å². The summed E-state index contributed by atoms with van der Waals surface area (Å²) in [6.07, 6.45) is -3.48. The monoisotopic (exact) mass is 332 g/mol. The molecule has 1 amide bonds. The predicted octanol–water partition coefficient (Wildman–Crippen LogP) is 2.30. The summed E-state index contributed by atoms with van der Waals surface area (Å²) in [5, 5.41) is 0. The molecule has 1 aromatic carbocycles. The summed E-state index contributed by atoms with van der Waals surface area (Å²) in [5.41, 5.74) is 5.57. The Morgan fingerprint density at radius 3 is 2.22 bits per heavy atom. The molecule has 23 heavy (non-hydrogen) atoms. The minimum Gasteiger partial charge on any atom is -0.490 e. The van der Waals surface area contributed by atoms with Gasteiger partial charge in [-0.15, -0.1) is 13.2 Å². The molecule has 1 aromatic rings. The lowest BCUT2D eigenvalue weighted by Gasteiger charge is -2.33. The molecule has 1 saturated heterocycles. The van der Waals surface area contributed by atoms with E-state index in [0.717, 1.165) is 0 Å². The van der Waals surface area contributed by atoms with Crippen molar-refractivity contribution in [2.75, 3.05) is 13.1 Å². The van der Waals surface area contributed by atoms with Crippen LogP contribution in [0.2, 0.25) is 0 Å². The number of alkyl halides is 3. The van der Waals surface area contributed by atoms with Crippen molar-refractivity contribution in [3.63, 3.8) is 0 Å². The maximum absolute atomic E-state index is 12.1. The van der Waals surface area contributed by atoms with E-state index in [1.165, 1.54) is 24.3 Å². The van der Waals surface area contributed by atoms with Crippen molar-refractivity contribution in [3.05, 3.63) is 24.3 Å². The number of carbonyl (C=O) groups is 1. The minimum atomic E-state index is -4.71. The van der Waals surface area contributed by atoms with Gasteiger partial charge < -0.3 is 20.1 Å². The van der Waals surface area contributed by atoms with Crippen LogP contribution in [0.15, 0.2) is 24.3 Å². The topological polar surface area (TPSA) is 64.8 Å². The third kappa shape index (κ3) is 5.31. The molecule has 0 aliphatic carbocycles. The number of rotatable bonds is 4. The Kier molecular flexibility index (Phi) is 5.35. The van der Waals surface area contributed by atoms with Crippen molar-refractivity contribution >= 4 is 5.91 Å². The van der Waals surface area contributed by atoms with Crippen LogP contribution in [-0.2, 0) is 4.79 Å². The van der Waals surface area contributed by atoms with Crippen molar-refractivity contribution < 1.29 is 27.4 Å². The molecule has 8 heteroatoms.